The van der Waals surface area contributed by atoms with Gasteiger partial charge in [-0.25, -0.2) is 18.3 Å². The Morgan fingerprint density at radius 1 is 0.922 bits per heavy atom. The van der Waals surface area contributed by atoms with Crippen LogP contribution >= 0.6 is 0 Å². The van der Waals surface area contributed by atoms with E-state index >= 15 is 0 Å². The molecule has 3 saturated heterocycles. The predicted molar refractivity (Wildman–Crippen MR) is 226 cm³/mol. The number of ether oxygens (including phenoxy) is 2. The zero-order chi connectivity index (χ0) is 44.1. The van der Waals surface area contributed by atoms with Crippen molar-refractivity contribution in [2.24, 2.45) is 5.92 Å². The summed E-state index contributed by atoms with van der Waals surface area (Å²) in [6.45, 7) is 5.35. The summed E-state index contributed by atoms with van der Waals surface area (Å²) < 4.78 is 43.6. The van der Waals surface area contributed by atoms with Crippen molar-refractivity contribution in [3.05, 3.63) is 65.2 Å². The number of rotatable bonds is 12. The molecule has 64 heavy (non-hydrogen) atoms. The predicted octanol–water partition coefficient (Wildman–Crippen LogP) is 4.21. The number of benzene rings is 1. The summed E-state index contributed by atoms with van der Waals surface area (Å²) in [5.41, 5.74) is 1.11. The Bertz CT molecular complexity index is 2450. The lowest BCUT2D eigenvalue weighted by Crippen LogP contribution is -2.54. The van der Waals surface area contributed by atoms with Crippen LogP contribution in [0.1, 0.15) is 113 Å². The summed E-state index contributed by atoms with van der Waals surface area (Å²) in [5, 5.41) is 16.9. The first-order chi connectivity index (χ1) is 31.1. The largest absolute Gasteiger partial charge is 0.381 e. The molecule has 0 bridgehead atoms. The van der Waals surface area contributed by atoms with E-state index in [-0.39, 0.29) is 59.5 Å². The maximum Gasteiger partial charge on any atom is 0.284 e. The molecule has 1 atom stereocenters. The topological polar surface area (TPSA) is 198 Å². The van der Waals surface area contributed by atoms with Gasteiger partial charge in [0, 0.05) is 63.3 Å². The summed E-state index contributed by atoms with van der Waals surface area (Å²) in [7, 11) is 0. The van der Waals surface area contributed by atoms with Gasteiger partial charge in [-0.05, 0) is 81.9 Å². The molecule has 338 valence electrons. The zero-order valence-corrected chi connectivity index (χ0v) is 35.3. The molecule has 1 unspecified atom stereocenters. The number of carbonyl (C=O) groups is 5. The number of piperidine rings is 2. The van der Waals surface area contributed by atoms with Crippen molar-refractivity contribution in [2.45, 2.75) is 101 Å². The van der Waals surface area contributed by atoms with E-state index in [0.717, 1.165) is 75.9 Å². The number of likely N-dealkylation sites (tertiary alicyclic amines) is 1. The second kappa shape index (κ2) is 17.6. The van der Waals surface area contributed by atoms with Gasteiger partial charge in [0.25, 0.3) is 24.1 Å². The van der Waals surface area contributed by atoms with Gasteiger partial charge in [0.05, 0.1) is 54.5 Å². The fraction of sp³-hybridized carbons (Fsp3) is 0.545. The molecule has 2 saturated carbocycles. The highest BCUT2D eigenvalue weighted by atomic mass is 19.3. The normalized spacial score (nSPS) is 25.8. The molecular formula is C44H51F2N11O7. The molecule has 5 fully saturated rings. The number of aromatic nitrogens is 5. The van der Waals surface area contributed by atoms with Gasteiger partial charge in [-0.1, -0.05) is 6.07 Å². The van der Waals surface area contributed by atoms with Crippen molar-refractivity contribution in [2.75, 3.05) is 61.5 Å². The summed E-state index contributed by atoms with van der Waals surface area (Å²) >= 11 is 0. The second-order valence-electron chi connectivity index (χ2n) is 17.8. The summed E-state index contributed by atoms with van der Waals surface area (Å²) in [5.74, 6) is -1.50. The van der Waals surface area contributed by atoms with E-state index in [1.54, 1.807) is 29.1 Å². The molecule has 5 amide bonds. The smallest absolute Gasteiger partial charge is 0.284 e. The maximum absolute atomic E-state index is 14.3. The first kappa shape index (κ1) is 42.1. The van der Waals surface area contributed by atoms with Gasteiger partial charge in [-0.15, -0.1) is 0 Å². The molecule has 4 aromatic rings. The van der Waals surface area contributed by atoms with E-state index in [0.29, 0.717) is 49.4 Å². The standard InChI is InChI=1S/C44H51F2N11O7/c45-39(46)38-33(49-41(59)31-22-47-55-15-12-35(50-40(31)55)54-16-18-63-19-17-54)24-56(52-38)27-6-4-25(5-7-27)23-53-13-10-28(11-14-53)64-29-20-26(21-29)48-32-3-1-2-30-37(32)44(62)57(43(30)61)34-8-9-36(58)51-42(34)60/h1-3,12,15,22,24-29,34,39,48H,4-11,13-14,16-21,23H2,(H,49,59)(H,51,58,60). The highest BCUT2D eigenvalue weighted by molar-refractivity contribution is 6.25. The van der Waals surface area contributed by atoms with Gasteiger partial charge in [0.1, 0.15) is 17.4 Å². The lowest BCUT2D eigenvalue weighted by atomic mass is 9.85. The van der Waals surface area contributed by atoms with E-state index in [1.165, 1.54) is 16.9 Å². The van der Waals surface area contributed by atoms with Gasteiger partial charge in [-0.2, -0.15) is 10.2 Å². The molecule has 18 nitrogen and oxygen atoms in total. The first-order valence-electron chi connectivity index (χ1n) is 22.4. The van der Waals surface area contributed by atoms with E-state index in [9.17, 15) is 32.8 Å². The number of hydrogen-bond donors (Lipinski definition) is 3. The van der Waals surface area contributed by atoms with Crippen LogP contribution in [0.3, 0.4) is 0 Å². The average molecular weight is 884 g/mol. The zero-order valence-electron chi connectivity index (χ0n) is 35.3. The van der Waals surface area contributed by atoms with E-state index in [1.807, 2.05) is 6.07 Å². The van der Waals surface area contributed by atoms with Gasteiger partial charge in [-0.3, -0.25) is 38.9 Å². The molecule has 3 aromatic heterocycles. The quantitative estimate of drug-likeness (QED) is 0.171. The summed E-state index contributed by atoms with van der Waals surface area (Å²) in [6.07, 6.45) is 9.11. The molecule has 2 aliphatic carbocycles. The number of hydrogen-bond acceptors (Lipinski definition) is 13. The van der Waals surface area contributed by atoms with Crippen LogP contribution in [0.15, 0.2) is 42.9 Å². The van der Waals surface area contributed by atoms with Crippen LogP contribution in [-0.4, -0.2) is 134 Å². The third-order valence-electron chi connectivity index (χ3n) is 13.7. The SMILES string of the molecule is O=C1CCC(N2C(=O)c3cccc(NC4CC(OC5CCN(CC6CCC(n7cc(NC(=O)c8cnn9ccc(N%10CCOCC%10)nc89)c(C(F)F)n7)CC6)CC5)C4)c3C2=O)C(=O)N1. The van der Waals surface area contributed by atoms with Gasteiger partial charge < -0.3 is 29.9 Å². The Morgan fingerprint density at radius 2 is 1.70 bits per heavy atom. The minimum Gasteiger partial charge on any atom is -0.381 e. The number of anilines is 3. The number of nitrogens with zero attached hydrogens (tertiary/aromatic N) is 8. The lowest BCUT2D eigenvalue weighted by Gasteiger charge is -2.41. The van der Waals surface area contributed by atoms with Crippen LogP contribution in [0.2, 0.25) is 0 Å². The van der Waals surface area contributed by atoms with Crippen molar-refractivity contribution in [3.63, 3.8) is 0 Å². The molecule has 6 aliphatic rings. The summed E-state index contributed by atoms with van der Waals surface area (Å²) in [6, 6.07) is 5.93. The number of fused-ring (bicyclic) bond motifs is 2. The molecule has 0 radical (unpaired) electrons. The molecule has 4 aliphatic heterocycles. The van der Waals surface area contributed by atoms with Crippen LogP contribution in [0.4, 0.5) is 26.0 Å². The molecule has 7 heterocycles. The van der Waals surface area contributed by atoms with Crippen molar-refractivity contribution in [1.29, 1.82) is 0 Å². The van der Waals surface area contributed by atoms with Crippen molar-refractivity contribution in [1.82, 2.24) is 39.5 Å². The molecular weight excluding hydrogens is 833 g/mol. The minimum atomic E-state index is -2.87. The van der Waals surface area contributed by atoms with Crippen LogP contribution in [0, 0.1) is 5.92 Å². The Morgan fingerprint density at radius 3 is 2.45 bits per heavy atom. The van der Waals surface area contributed by atoms with E-state index in [2.05, 4.69) is 40.9 Å². The fourth-order valence-corrected chi connectivity index (χ4v) is 10.1. The van der Waals surface area contributed by atoms with Crippen LogP contribution in [-0.2, 0) is 19.1 Å². The second-order valence-corrected chi connectivity index (χ2v) is 17.8. The van der Waals surface area contributed by atoms with Crippen LogP contribution < -0.4 is 20.9 Å². The number of amides is 5. The van der Waals surface area contributed by atoms with Gasteiger partial charge >= 0.3 is 0 Å². The third-order valence-corrected chi connectivity index (χ3v) is 13.7. The highest BCUT2D eigenvalue weighted by Crippen LogP contribution is 2.38. The van der Waals surface area contributed by atoms with Crippen LogP contribution in [0.5, 0.6) is 0 Å². The number of nitrogens with one attached hydrogen (secondary N) is 3. The average Bonchev–Trinajstić information content (AvgIpc) is 3.98. The Balaban J connectivity index is 0.667. The van der Waals surface area contributed by atoms with Gasteiger partial charge in [0.2, 0.25) is 11.8 Å². The van der Waals surface area contributed by atoms with Crippen molar-refractivity contribution < 1.29 is 42.2 Å². The minimum absolute atomic E-state index is 0.0155. The number of morpholine rings is 1. The molecule has 3 N–H and O–H groups in total. The van der Waals surface area contributed by atoms with E-state index in [4.69, 9.17) is 9.47 Å². The maximum atomic E-state index is 14.3. The Labute approximate surface area is 367 Å². The van der Waals surface area contributed by atoms with Crippen molar-refractivity contribution in [3.8, 4) is 0 Å². The molecule has 10 rings (SSSR count). The monoisotopic (exact) mass is 883 g/mol. The Hall–Kier alpha value is -5.86. The number of alkyl halides is 2. The summed E-state index contributed by atoms with van der Waals surface area (Å²) in [4.78, 5) is 74.6. The highest BCUT2D eigenvalue weighted by Gasteiger charge is 2.46. The number of carbonyl (C=O) groups excluding carboxylic acids is 5. The van der Waals surface area contributed by atoms with E-state index < -0.39 is 47.7 Å². The fourth-order valence-electron chi connectivity index (χ4n) is 10.1. The first-order valence-corrected chi connectivity index (χ1v) is 22.4. The lowest BCUT2D eigenvalue weighted by molar-refractivity contribution is -0.136. The molecule has 1 aromatic carbocycles. The Kier molecular flexibility index (Phi) is 11.6. The molecule has 20 heteroatoms. The number of halogens is 2. The number of imide groups is 2. The third kappa shape index (κ3) is 8.33. The molecule has 0 spiro atoms. The van der Waals surface area contributed by atoms with Crippen molar-refractivity contribution >= 4 is 52.4 Å². The van der Waals surface area contributed by atoms with Gasteiger partial charge in [0.15, 0.2) is 11.3 Å². The van der Waals surface area contributed by atoms with Crippen LogP contribution in [0.25, 0.3) is 5.65 Å².